The fourth-order valence-electron chi connectivity index (χ4n) is 3.52. The van der Waals surface area contributed by atoms with Gasteiger partial charge in [-0.2, -0.15) is 0 Å². The highest BCUT2D eigenvalue weighted by atomic mass is 32.1. The molecule has 2 aromatic heterocycles. The van der Waals surface area contributed by atoms with Gasteiger partial charge in [-0.05, 0) is 36.9 Å². The van der Waals surface area contributed by atoms with Gasteiger partial charge < -0.3 is 20.1 Å². The van der Waals surface area contributed by atoms with Crippen LogP contribution in [0.2, 0.25) is 0 Å². The lowest BCUT2D eigenvalue weighted by Gasteiger charge is -2.29. The van der Waals surface area contributed by atoms with Crippen LogP contribution in [0.25, 0.3) is 10.7 Å². The Morgan fingerprint density at radius 1 is 1.29 bits per heavy atom. The van der Waals surface area contributed by atoms with Gasteiger partial charge in [0.15, 0.2) is 11.5 Å². The molecule has 0 fully saturated rings. The van der Waals surface area contributed by atoms with Gasteiger partial charge in [-0.1, -0.05) is 26.8 Å². The Morgan fingerprint density at radius 2 is 2.04 bits per heavy atom. The summed E-state index contributed by atoms with van der Waals surface area (Å²) in [5, 5.41) is 7.59. The number of amides is 2. The van der Waals surface area contributed by atoms with Crippen LogP contribution in [-0.4, -0.2) is 52.9 Å². The van der Waals surface area contributed by atoms with Crippen molar-refractivity contribution in [3.8, 4) is 10.7 Å². The molecule has 2 aromatic rings. The number of fused-ring (bicyclic) bond motifs is 1. The third-order valence-electron chi connectivity index (χ3n) is 5.02. The lowest BCUT2D eigenvalue weighted by atomic mass is 9.86. The van der Waals surface area contributed by atoms with Gasteiger partial charge >= 0.3 is 0 Å². The Bertz CT molecular complexity index is 851. The second-order valence-corrected chi connectivity index (χ2v) is 9.29. The maximum atomic E-state index is 13.2. The minimum absolute atomic E-state index is 0.207. The van der Waals surface area contributed by atoms with E-state index in [1.54, 1.807) is 18.4 Å². The standard InChI is InChI=1S/C20H29N5O2S/c1-20(2,3)16(19(27)21-4)23-18(26)15-13-12-24(5)9-7-10-25(13)17(22-15)14-8-6-11-28-14/h6,8,11,16H,7,9-10,12H2,1-5H3,(H,21,27)(H,23,26). The fraction of sp³-hybridized carbons (Fsp3) is 0.550. The zero-order valence-corrected chi connectivity index (χ0v) is 18.0. The topological polar surface area (TPSA) is 79.3 Å². The van der Waals surface area contributed by atoms with Gasteiger partial charge in [0.1, 0.15) is 6.04 Å². The van der Waals surface area contributed by atoms with E-state index in [1.807, 2.05) is 38.3 Å². The number of nitrogens with zero attached hydrogens (tertiary/aromatic N) is 3. The van der Waals surface area contributed by atoms with Crippen LogP contribution >= 0.6 is 11.3 Å². The molecule has 0 saturated heterocycles. The summed E-state index contributed by atoms with van der Waals surface area (Å²) in [6.07, 6.45) is 1.00. The molecule has 0 saturated carbocycles. The number of carbonyl (C=O) groups is 2. The Morgan fingerprint density at radius 3 is 2.64 bits per heavy atom. The molecule has 0 radical (unpaired) electrons. The number of nitrogens with one attached hydrogen (secondary N) is 2. The van der Waals surface area contributed by atoms with Crippen molar-refractivity contribution >= 4 is 23.2 Å². The Hall–Kier alpha value is -2.19. The minimum Gasteiger partial charge on any atom is -0.357 e. The van der Waals surface area contributed by atoms with Gasteiger partial charge in [0.2, 0.25) is 5.91 Å². The number of aromatic nitrogens is 2. The van der Waals surface area contributed by atoms with E-state index in [9.17, 15) is 9.59 Å². The maximum absolute atomic E-state index is 13.2. The largest absolute Gasteiger partial charge is 0.357 e. The first-order valence-corrected chi connectivity index (χ1v) is 10.4. The van der Waals surface area contributed by atoms with Gasteiger partial charge in [0.25, 0.3) is 5.91 Å². The van der Waals surface area contributed by atoms with Crippen LogP contribution in [0, 0.1) is 5.41 Å². The number of hydrogen-bond acceptors (Lipinski definition) is 5. The molecule has 1 atom stereocenters. The molecule has 1 unspecified atom stereocenters. The van der Waals surface area contributed by atoms with Crippen molar-refractivity contribution in [3.63, 3.8) is 0 Å². The summed E-state index contributed by atoms with van der Waals surface area (Å²) >= 11 is 1.62. The van der Waals surface area contributed by atoms with E-state index in [0.717, 1.165) is 35.9 Å². The molecule has 3 heterocycles. The quantitative estimate of drug-likeness (QED) is 0.821. The van der Waals surface area contributed by atoms with E-state index in [0.29, 0.717) is 12.2 Å². The molecule has 0 spiro atoms. The van der Waals surface area contributed by atoms with E-state index in [2.05, 4.69) is 27.1 Å². The van der Waals surface area contributed by atoms with Crippen molar-refractivity contribution in [3.05, 3.63) is 28.9 Å². The Balaban J connectivity index is 2.01. The highest BCUT2D eigenvalue weighted by Gasteiger charge is 2.34. The molecule has 0 bridgehead atoms. The number of rotatable bonds is 4. The summed E-state index contributed by atoms with van der Waals surface area (Å²) in [5.74, 6) is 0.324. The Labute approximate surface area is 170 Å². The third kappa shape index (κ3) is 4.12. The van der Waals surface area contributed by atoms with Crippen LogP contribution in [0.1, 0.15) is 43.4 Å². The second kappa shape index (κ2) is 8.05. The monoisotopic (exact) mass is 403 g/mol. The first-order valence-electron chi connectivity index (χ1n) is 9.56. The van der Waals surface area contributed by atoms with E-state index < -0.39 is 11.5 Å². The molecule has 7 nitrogen and oxygen atoms in total. The van der Waals surface area contributed by atoms with Crippen LogP contribution in [0.4, 0.5) is 0 Å². The molecule has 0 aliphatic carbocycles. The Kier molecular flexibility index (Phi) is 5.90. The van der Waals surface area contributed by atoms with Crippen LogP contribution in [-0.2, 0) is 17.9 Å². The molecule has 28 heavy (non-hydrogen) atoms. The van der Waals surface area contributed by atoms with E-state index in [-0.39, 0.29) is 11.8 Å². The molecule has 2 N–H and O–H groups in total. The van der Waals surface area contributed by atoms with Gasteiger partial charge in [0, 0.05) is 20.1 Å². The van der Waals surface area contributed by atoms with Gasteiger partial charge in [-0.3, -0.25) is 9.59 Å². The molecular formula is C20H29N5O2S. The van der Waals surface area contributed by atoms with E-state index in [1.165, 1.54) is 0 Å². The number of thiophene rings is 1. The zero-order valence-electron chi connectivity index (χ0n) is 17.2. The number of carbonyl (C=O) groups excluding carboxylic acids is 2. The molecule has 0 aromatic carbocycles. The number of likely N-dealkylation sites (N-methyl/N-ethyl adjacent to an activating group) is 1. The summed E-state index contributed by atoms with van der Waals surface area (Å²) in [5.41, 5.74) is 0.903. The molecule has 1 aliphatic rings. The molecular weight excluding hydrogens is 374 g/mol. The highest BCUT2D eigenvalue weighted by Crippen LogP contribution is 2.29. The summed E-state index contributed by atoms with van der Waals surface area (Å²) < 4.78 is 2.16. The summed E-state index contributed by atoms with van der Waals surface area (Å²) in [4.78, 5) is 33.6. The first-order chi connectivity index (χ1) is 13.2. The first kappa shape index (κ1) is 20.5. The molecule has 1 aliphatic heterocycles. The molecule has 152 valence electrons. The average Bonchev–Trinajstić information content (AvgIpc) is 3.22. The van der Waals surface area contributed by atoms with Crippen molar-refractivity contribution in [2.24, 2.45) is 5.41 Å². The van der Waals surface area contributed by atoms with Crippen molar-refractivity contribution in [1.29, 1.82) is 0 Å². The van der Waals surface area contributed by atoms with Crippen molar-refractivity contribution in [1.82, 2.24) is 25.1 Å². The lowest BCUT2D eigenvalue weighted by Crippen LogP contribution is -2.53. The summed E-state index contributed by atoms with van der Waals surface area (Å²) in [7, 11) is 3.64. The normalized spacial score (nSPS) is 16.2. The molecule has 2 amide bonds. The third-order valence-corrected chi connectivity index (χ3v) is 5.89. The number of hydrogen-bond donors (Lipinski definition) is 2. The second-order valence-electron chi connectivity index (χ2n) is 8.34. The van der Waals surface area contributed by atoms with Gasteiger partial charge in [-0.15, -0.1) is 11.3 Å². The zero-order chi connectivity index (χ0) is 20.5. The van der Waals surface area contributed by atoms with Crippen molar-refractivity contribution in [2.75, 3.05) is 20.6 Å². The summed E-state index contributed by atoms with van der Waals surface area (Å²) in [6, 6.07) is 3.38. The van der Waals surface area contributed by atoms with E-state index >= 15 is 0 Å². The maximum Gasteiger partial charge on any atom is 0.272 e. The van der Waals surface area contributed by atoms with Crippen LogP contribution in [0.5, 0.6) is 0 Å². The van der Waals surface area contributed by atoms with Crippen LogP contribution in [0.15, 0.2) is 17.5 Å². The smallest absolute Gasteiger partial charge is 0.272 e. The summed E-state index contributed by atoms with van der Waals surface area (Å²) in [6.45, 7) is 8.26. The van der Waals surface area contributed by atoms with Gasteiger partial charge in [-0.25, -0.2) is 4.98 Å². The highest BCUT2D eigenvalue weighted by molar-refractivity contribution is 7.13. The average molecular weight is 404 g/mol. The van der Waals surface area contributed by atoms with Crippen molar-refractivity contribution < 1.29 is 9.59 Å². The minimum atomic E-state index is -0.643. The lowest BCUT2D eigenvalue weighted by molar-refractivity contribution is -0.124. The number of imidazole rings is 1. The molecule has 8 heteroatoms. The van der Waals surface area contributed by atoms with E-state index in [4.69, 9.17) is 4.98 Å². The van der Waals surface area contributed by atoms with Crippen LogP contribution in [0.3, 0.4) is 0 Å². The predicted octanol–water partition coefficient (Wildman–Crippen LogP) is 2.34. The van der Waals surface area contributed by atoms with Crippen LogP contribution < -0.4 is 10.6 Å². The predicted molar refractivity (Wildman–Crippen MR) is 111 cm³/mol. The fourth-order valence-corrected chi connectivity index (χ4v) is 4.24. The molecule has 3 rings (SSSR count). The van der Waals surface area contributed by atoms with Gasteiger partial charge in [0.05, 0.1) is 10.6 Å². The SMILES string of the molecule is CNC(=O)C(NC(=O)c1nc(-c2cccs2)n2c1CN(C)CCC2)C(C)(C)C. The van der Waals surface area contributed by atoms with Crippen molar-refractivity contribution in [2.45, 2.75) is 46.3 Å².